The molecule has 1 aliphatic rings. The zero-order valence-corrected chi connectivity index (χ0v) is 13.5. The van der Waals surface area contributed by atoms with Crippen LogP contribution in [0.25, 0.3) is 0 Å². The number of carbonyl (C=O) groups excluding carboxylic acids is 1. The molecule has 0 spiro atoms. The molecule has 1 saturated heterocycles. The van der Waals surface area contributed by atoms with Crippen LogP contribution in [0.4, 0.5) is 5.13 Å². The van der Waals surface area contributed by atoms with Crippen molar-refractivity contribution in [1.29, 1.82) is 0 Å². The summed E-state index contributed by atoms with van der Waals surface area (Å²) in [6, 6.07) is 0. The Morgan fingerprint density at radius 2 is 2.43 bits per heavy atom. The van der Waals surface area contributed by atoms with Crippen molar-refractivity contribution < 1.29 is 19.4 Å². The van der Waals surface area contributed by atoms with Crippen molar-refractivity contribution in [2.75, 3.05) is 31.2 Å². The number of morpholine rings is 1. The van der Waals surface area contributed by atoms with Crippen molar-refractivity contribution in [3.63, 3.8) is 0 Å². The molecule has 0 bridgehead atoms. The van der Waals surface area contributed by atoms with Gasteiger partial charge in [-0.3, -0.25) is 4.79 Å². The molecule has 0 saturated carbocycles. The summed E-state index contributed by atoms with van der Waals surface area (Å²) < 4.78 is 10.7. The van der Waals surface area contributed by atoms with E-state index in [1.54, 1.807) is 6.92 Å². The number of ether oxygens (including phenoxy) is 2. The quantitative estimate of drug-likeness (QED) is 0.824. The van der Waals surface area contributed by atoms with Crippen molar-refractivity contribution in [3.8, 4) is 0 Å². The molecular weight excluding hydrogens is 292 g/mol. The van der Waals surface area contributed by atoms with E-state index in [1.165, 1.54) is 11.3 Å². The lowest BCUT2D eigenvalue weighted by atomic mass is 10.1. The molecular formula is C14H22N2O4S. The summed E-state index contributed by atoms with van der Waals surface area (Å²) in [5.41, 5.74) is 0.386. The van der Waals surface area contributed by atoms with E-state index in [-0.39, 0.29) is 30.7 Å². The van der Waals surface area contributed by atoms with Crippen LogP contribution in [0.5, 0.6) is 0 Å². The van der Waals surface area contributed by atoms with Gasteiger partial charge in [-0.1, -0.05) is 0 Å². The number of aliphatic hydroxyl groups excluding tert-OH is 1. The molecule has 0 radical (unpaired) electrons. The predicted molar refractivity (Wildman–Crippen MR) is 80.7 cm³/mol. The summed E-state index contributed by atoms with van der Waals surface area (Å²) in [5, 5.41) is 12.1. The Hall–Kier alpha value is -1.18. The maximum atomic E-state index is 11.5. The average Bonchev–Trinajstić information content (AvgIpc) is 2.85. The highest BCUT2D eigenvalue weighted by Crippen LogP contribution is 2.28. The van der Waals surface area contributed by atoms with Crippen LogP contribution in [0.2, 0.25) is 0 Å². The molecule has 0 aliphatic carbocycles. The minimum absolute atomic E-state index is 0.0129. The number of hydrogen-bond donors (Lipinski definition) is 1. The van der Waals surface area contributed by atoms with Crippen LogP contribution in [0.1, 0.15) is 26.5 Å². The van der Waals surface area contributed by atoms with E-state index >= 15 is 0 Å². The van der Waals surface area contributed by atoms with Gasteiger partial charge >= 0.3 is 5.97 Å². The maximum Gasteiger partial charge on any atom is 0.311 e. The first-order valence-corrected chi connectivity index (χ1v) is 7.95. The van der Waals surface area contributed by atoms with E-state index in [9.17, 15) is 9.90 Å². The maximum absolute atomic E-state index is 11.5. The number of rotatable bonds is 5. The highest BCUT2D eigenvalue weighted by Gasteiger charge is 2.34. The first kappa shape index (κ1) is 16.2. The third kappa shape index (κ3) is 4.39. The van der Waals surface area contributed by atoms with Crippen molar-refractivity contribution in [2.45, 2.75) is 38.9 Å². The second kappa shape index (κ2) is 6.72. The lowest BCUT2D eigenvalue weighted by Crippen LogP contribution is -2.54. The monoisotopic (exact) mass is 314 g/mol. The van der Waals surface area contributed by atoms with Gasteiger partial charge in [-0.2, -0.15) is 0 Å². The Kier molecular flexibility index (Phi) is 5.18. The second-order valence-corrected chi connectivity index (χ2v) is 6.50. The van der Waals surface area contributed by atoms with Gasteiger partial charge in [0.15, 0.2) is 5.13 Å². The zero-order valence-electron chi connectivity index (χ0n) is 12.7. The van der Waals surface area contributed by atoms with Gasteiger partial charge < -0.3 is 19.5 Å². The van der Waals surface area contributed by atoms with Crippen LogP contribution in [-0.4, -0.2) is 54.1 Å². The summed E-state index contributed by atoms with van der Waals surface area (Å²) in [5.74, 6) is -0.259. The molecule has 1 unspecified atom stereocenters. The van der Waals surface area contributed by atoms with Gasteiger partial charge in [0.2, 0.25) is 0 Å². The van der Waals surface area contributed by atoms with Gasteiger partial charge in [0.1, 0.15) is 0 Å². The van der Waals surface area contributed by atoms with Gasteiger partial charge in [-0.15, -0.1) is 11.3 Å². The summed E-state index contributed by atoms with van der Waals surface area (Å²) in [4.78, 5) is 18.1. The van der Waals surface area contributed by atoms with Crippen LogP contribution in [0.15, 0.2) is 5.38 Å². The Bertz CT molecular complexity index is 489. The molecule has 21 heavy (non-hydrogen) atoms. The third-order valence-electron chi connectivity index (χ3n) is 3.13. The fraction of sp³-hybridized carbons (Fsp3) is 0.714. The smallest absolute Gasteiger partial charge is 0.311 e. The molecule has 0 aromatic carbocycles. The van der Waals surface area contributed by atoms with Crippen molar-refractivity contribution in [1.82, 2.24) is 4.98 Å². The van der Waals surface area contributed by atoms with Crippen LogP contribution in [-0.2, 0) is 20.7 Å². The Balaban J connectivity index is 2.04. The summed E-state index contributed by atoms with van der Waals surface area (Å²) in [7, 11) is 0. The van der Waals surface area contributed by atoms with Crippen molar-refractivity contribution >= 4 is 22.4 Å². The number of thiazole rings is 1. The highest BCUT2D eigenvalue weighted by atomic mass is 32.1. The molecule has 2 rings (SSSR count). The largest absolute Gasteiger partial charge is 0.466 e. The van der Waals surface area contributed by atoms with Crippen LogP contribution in [0.3, 0.4) is 0 Å². The minimum atomic E-state index is -0.335. The number of nitrogens with zero attached hydrogens (tertiary/aromatic N) is 2. The molecule has 1 aromatic heterocycles. The zero-order chi connectivity index (χ0) is 15.5. The van der Waals surface area contributed by atoms with E-state index in [0.717, 1.165) is 10.8 Å². The molecule has 7 heteroatoms. The lowest BCUT2D eigenvalue weighted by Gasteiger charge is -2.42. The molecule has 6 nitrogen and oxygen atoms in total. The van der Waals surface area contributed by atoms with Gasteiger partial charge in [-0.25, -0.2) is 4.98 Å². The average molecular weight is 314 g/mol. The number of carbonyl (C=O) groups is 1. The lowest BCUT2D eigenvalue weighted by molar-refractivity contribution is -0.142. The van der Waals surface area contributed by atoms with Crippen LogP contribution >= 0.6 is 11.3 Å². The Labute approximate surface area is 128 Å². The van der Waals surface area contributed by atoms with E-state index < -0.39 is 0 Å². The first-order chi connectivity index (χ1) is 9.93. The van der Waals surface area contributed by atoms with Gasteiger partial charge in [0.05, 0.1) is 37.0 Å². The molecule has 1 N–H and O–H groups in total. The number of anilines is 1. The fourth-order valence-electron chi connectivity index (χ4n) is 2.42. The number of hydrogen-bond acceptors (Lipinski definition) is 7. The molecule has 1 aromatic rings. The summed E-state index contributed by atoms with van der Waals surface area (Å²) >= 11 is 1.50. The second-order valence-electron chi connectivity index (χ2n) is 5.67. The highest BCUT2D eigenvalue weighted by molar-refractivity contribution is 7.13. The Morgan fingerprint density at radius 1 is 1.67 bits per heavy atom. The van der Waals surface area contributed by atoms with E-state index in [1.807, 2.05) is 19.2 Å². The minimum Gasteiger partial charge on any atom is -0.466 e. The van der Waals surface area contributed by atoms with Crippen LogP contribution in [0, 0.1) is 0 Å². The van der Waals surface area contributed by atoms with Crippen molar-refractivity contribution in [3.05, 3.63) is 11.1 Å². The number of aliphatic hydroxyl groups is 1. The van der Waals surface area contributed by atoms with Crippen molar-refractivity contribution in [2.24, 2.45) is 0 Å². The van der Waals surface area contributed by atoms with Crippen LogP contribution < -0.4 is 4.90 Å². The SMILES string of the molecule is CCOC(=O)Cc1csc(N2CC(CO)OC(C)(C)C2)n1. The molecule has 118 valence electrons. The topological polar surface area (TPSA) is 71.9 Å². The van der Waals surface area contributed by atoms with E-state index in [0.29, 0.717) is 19.7 Å². The van der Waals surface area contributed by atoms with E-state index in [4.69, 9.17) is 9.47 Å². The Morgan fingerprint density at radius 3 is 3.10 bits per heavy atom. The number of aromatic nitrogens is 1. The van der Waals surface area contributed by atoms with Gasteiger partial charge in [-0.05, 0) is 20.8 Å². The molecule has 0 amide bonds. The normalized spacial score (nSPS) is 21.3. The molecule has 2 heterocycles. The van der Waals surface area contributed by atoms with Gasteiger partial charge in [0, 0.05) is 18.5 Å². The van der Waals surface area contributed by atoms with Gasteiger partial charge in [0.25, 0.3) is 0 Å². The summed E-state index contributed by atoms with van der Waals surface area (Å²) in [6.07, 6.45) is -0.0206. The molecule has 1 aliphatic heterocycles. The summed E-state index contributed by atoms with van der Waals surface area (Å²) in [6.45, 7) is 7.45. The standard InChI is InChI=1S/C14H22N2O4S/c1-4-19-12(18)5-10-8-21-13(15-10)16-6-11(7-17)20-14(2,3)9-16/h8,11,17H,4-7,9H2,1-3H3. The third-order valence-corrected chi connectivity index (χ3v) is 4.08. The predicted octanol–water partition coefficient (Wildman–Crippen LogP) is 1.22. The first-order valence-electron chi connectivity index (χ1n) is 7.07. The number of esters is 1. The molecule has 1 fully saturated rings. The fourth-order valence-corrected chi connectivity index (χ4v) is 3.25. The van der Waals surface area contributed by atoms with E-state index in [2.05, 4.69) is 9.88 Å². The molecule has 1 atom stereocenters.